The summed E-state index contributed by atoms with van der Waals surface area (Å²) < 4.78 is 1.31. The molecule has 0 heterocycles. The van der Waals surface area contributed by atoms with Gasteiger partial charge in [0.05, 0.1) is 0 Å². The van der Waals surface area contributed by atoms with Gasteiger partial charge in [-0.2, -0.15) is 0 Å². The van der Waals surface area contributed by atoms with Crippen LogP contribution in [0.25, 0.3) is 0 Å². The first-order chi connectivity index (χ1) is 8.56. The van der Waals surface area contributed by atoms with Crippen LogP contribution in [0.15, 0.2) is 24.3 Å². The lowest BCUT2D eigenvalue weighted by atomic mass is 9.79. The summed E-state index contributed by atoms with van der Waals surface area (Å²) in [5, 5.41) is 3.80. The second-order valence-corrected chi connectivity index (χ2v) is 7.15. The van der Waals surface area contributed by atoms with Crippen molar-refractivity contribution in [1.82, 2.24) is 5.32 Å². The van der Waals surface area contributed by atoms with Gasteiger partial charge in [-0.05, 0) is 78.3 Å². The van der Waals surface area contributed by atoms with E-state index in [2.05, 4.69) is 72.9 Å². The molecule has 4 unspecified atom stereocenters. The maximum Gasteiger partial charge on any atom is 0.0294 e. The lowest BCUT2D eigenvalue weighted by molar-refractivity contribution is 0.217. The van der Waals surface area contributed by atoms with E-state index in [1.807, 2.05) is 0 Å². The zero-order chi connectivity index (χ0) is 13.1. The molecule has 1 nitrogen and oxygen atoms in total. The normalized spacial score (nSPS) is 30.1. The number of rotatable bonds is 3. The van der Waals surface area contributed by atoms with E-state index >= 15 is 0 Å². The first-order valence-electron chi connectivity index (χ1n) is 7.07. The van der Waals surface area contributed by atoms with E-state index < -0.39 is 0 Å². The maximum absolute atomic E-state index is 3.80. The third-order valence-corrected chi connectivity index (χ3v) is 5.17. The van der Waals surface area contributed by atoms with Crippen LogP contribution in [0.2, 0.25) is 0 Å². The molecular weight excluding hydrogens is 333 g/mol. The predicted molar refractivity (Wildman–Crippen MR) is 86.7 cm³/mol. The molecule has 1 aromatic rings. The van der Waals surface area contributed by atoms with Gasteiger partial charge in [0.2, 0.25) is 0 Å². The summed E-state index contributed by atoms with van der Waals surface area (Å²) in [5.41, 5.74) is 1.40. The Hall–Kier alpha value is -0.0900. The Morgan fingerprint density at radius 1 is 1.11 bits per heavy atom. The van der Waals surface area contributed by atoms with Crippen molar-refractivity contribution in [3.05, 3.63) is 33.4 Å². The van der Waals surface area contributed by atoms with Gasteiger partial charge in [0, 0.05) is 15.7 Å². The van der Waals surface area contributed by atoms with E-state index in [9.17, 15) is 0 Å². The summed E-state index contributed by atoms with van der Waals surface area (Å²) in [6.45, 7) is 7.07. The van der Waals surface area contributed by atoms with E-state index in [0.29, 0.717) is 12.1 Å². The molecule has 0 bridgehead atoms. The Balaban J connectivity index is 1.91. The van der Waals surface area contributed by atoms with Crippen LogP contribution in [0.1, 0.15) is 51.6 Å². The second-order valence-electron chi connectivity index (χ2n) is 5.90. The highest BCUT2D eigenvalue weighted by atomic mass is 127. The van der Waals surface area contributed by atoms with Gasteiger partial charge in [-0.3, -0.25) is 0 Å². The Morgan fingerprint density at radius 3 is 2.39 bits per heavy atom. The summed E-state index contributed by atoms with van der Waals surface area (Å²) in [4.78, 5) is 0. The van der Waals surface area contributed by atoms with Crippen LogP contribution in [0, 0.1) is 15.4 Å². The van der Waals surface area contributed by atoms with Gasteiger partial charge in [0.1, 0.15) is 0 Å². The molecule has 100 valence electrons. The summed E-state index contributed by atoms with van der Waals surface area (Å²) in [5.74, 6) is 1.76. The zero-order valence-electron chi connectivity index (χ0n) is 11.6. The van der Waals surface area contributed by atoms with Crippen LogP contribution in [-0.2, 0) is 0 Å². The molecule has 1 saturated carbocycles. The first kappa shape index (κ1) is 14.3. The Labute approximate surface area is 125 Å². The monoisotopic (exact) mass is 357 g/mol. The molecule has 0 amide bonds. The van der Waals surface area contributed by atoms with Gasteiger partial charge < -0.3 is 5.32 Å². The fourth-order valence-corrected chi connectivity index (χ4v) is 3.26. The van der Waals surface area contributed by atoms with Crippen LogP contribution in [0.3, 0.4) is 0 Å². The van der Waals surface area contributed by atoms with E-state index in [-0.39, 0.29) is 0 Å². The zero-order valence-corrected chi connectivity index (χ0v) is 13.8. The van der Waals surface area contributed by atoms with Crippen molar-refractivity contribution in [3.8, 4) is 0 Å². The Morgan fingerprint density at radius 2 is 1.78 bits per heavy atom. The molecule has 0 saturated heterocycles. The van der Waals surface area contributed by atoms with Crippen LogP contribution >= 0.6 is 22.6 Å². The van der Waals surface area contributed by atoms with Crippen LogP contribution < -0.4 is 5.32 Å². The largest absolute Gasteiger partial charge is 0.307 e. The SMILES string of the molecule is CC(NC1CCC(C)C(C)C1)c1ccc(I)cc1. The number of hydrogen-bond donors (Lipinski definition) is 1. The topological polar surface area (TPSA) is 12.0 Å². The molecule has 0 aliphatic heterocycles. The smallest absolute Gasteiger partial charge is 0.0294 e. The number of halogens is 1. The van der Waals surface area contributed by atoms with Crippen molar-refractivity contribution < 1.29 is 0 Å². The van der Waals surface area contributed by atoms with Crippen LogP contribution in [0.4, 0.5) is 0 Å². The van der Waals surface area contributed by atoms with Crippen molar-refractivity contribution in [2.24, 2.45) is 11.8 Å². The van der Waals surface area contributed by atoms with E-state index in [1.165, 1.54) is 28.4 Å². The van der Waals surface area contributed by atoms with Crippen molar-refractivity contribution >= 4 is 22.6 Å². The highest BCUT2D eigenvalue weighted by Crippen LogP contribution is 2.30. The fourth-order valence-electron chi connectivity index (χ4n) is 2.90. The van der Waals surface area contributed by atoms with Gasteiger partial charge in [0.25, 0.3) is 0 Å². The van der Waals surface area contributed by atoms with Gasteiger partial charge in [-0.1, -0.05) is 26.0 Å². The molecule has 1 aromatic carbocycles. The number of hydrogen-bond acceptors (Lipinski definition) is 1. The van der Waals surface area contributed by atoms with Crippen LogP contribution in [-0.4, -0.2) is 6.04 Å². The van der Waals surface area contributed by atoms with Crippen molar-refractivity contribution in [3.63, 3.8) is 0 Å². The van der Waals surface area contributed by atoms with Gasteiger partial charge >= 0.3 is 0 Å². The van der Waals surface area contributed by atoms with Gasteiger partial charge in [0.15, 0.2) is 0 Å². The van der Waals surface area contributed by atoms with Gasteiger partial charge in [-0.15, -0.1) is 0 Å². The van der Waals surface area contributed by atoms with E-state index in [1.54, 1.807) is 0 Å². The average Bonchev–Trinajstić information content (AvgIpc) is 2.34. The average molecular weight is 357 g/mol. The molecule has 0 spiro atoms. The lowest BCUT2D eigenvalue weighted by Crippen LogP contribution is -2.37. The molecule has 0 radical (unpaired) electrons. The molecule has 18 heavy (non-hydrogen) atoms. The van der Waals surface area contributed by atoms with Crippen molar-refractivity contribution in [2.45, 2.75) is 52.1 Å². The number of benzene rings is 1. The molecule has 1 aliphatic carbocycles. The molecular formula is C16H24IN. The predicted octanol–water partition coefficient (Wildman–Crippen LogP) is 4.77. The van der Waals surface area contributed by atoms with Crippen molar-refractivity contribution in [2.75, 3.05) is 0 Å². The minimum Gasteiger partial charge on any atom is -0.307 e. The summed E-state index contributed by atoms with van der Waals surface area (Å²) >= 11 is 2.36. The van der Waals surface area contributed by atoms with Gasteiger partial charge in [-0.25, -0.2) is 0 Å². The molecule has 1 aliphatic rings. The number of nitrogens with one attached hydrogen (secondary N) is 1. The summed E-state index contributed by atoms with van der Waals surface area (Å²) in [7, 11) is 0. The third kappa shape index (κ3) is 3.70. The first-order valence-corrected chi connectivity index (χ1v) is 8.15. The molecule has 0 aromatic heterocycles. The fraction of sp³-hybridized carbons (Fsp3) is 0.625. The lowest BCUT2D eigenvalue weighted by Gasteiger charge is -2.34. The molecule has 1 fully saturated rings. The minimum absolute atomic E-state index is 0.465. The molecule has 2 rings (SSSR count). The quantitative estimate of drug-likeness (QED) is 0.769. The highest BCUT2D eigenvalue weighted by Gasteiger charge is 2.25. The molecule has 4 atom stereocenters. The standard InChI is InChI=1S/C16H24IN/c1-11-4-9-16(10-12(11)2)18-13(3)14-5-7-15(17)8-6-14/h5-8,11-13,16,18H,4,9-10H2,1-3H3. The van der Waals surface area contributed by atoms with E-state index in [4.69, 9.17) is 0 Å². The Kier molecular flexibility index (Phi) is 5.07. The van der Waals surface area contributed by atoms with Crippen molar-refractivity contribution in [1.29, 1.82) is 0 Å². The molecule has 2 heteroatoms. The summed E-state index contributed by atoms with van der Waals surface area (Å²) in [6.07, 6.45) is 4.04. The van der Waals surface area contributed by atoms with E-state index in [0.717, 1.165) is 11.8 Å². The summed E-state index contributed by atoms with van der Waals surface area (Å²) in [6, 6.07) is 10.0. The molecule has 1 N–H and O–H groups in total. The Bertz CT molecular complexity index is 373. The third-order valence-electron chi connectivity index (χ3n) is 4.45. The second kappa shape index (κ2) is 6.38. The van der Waals surface area contributed by atoms with Crippen LogP contribution in [0.5, 0.6) is 0 Å². The highest BCUT2D eigenvalue weighted by molar-refractivity contribution is 14.1. The maximum atomic E-state index is 3.80. The minimum atomic E-state index is 0.465.